The first-order chi connectivity index (χ1) is 9.63. The van der Waals surface area contributed by atoms with Crippen molar-refractivity contribution in [2.75, 3.05) is 26.2 Å². The Hall–Kier alpha value is -0.640. The molecule has 1 heterocycles. The SMILES string of the molecule is CCCC(C)[C@@H](c1ccc(F)cc1C)N1CCNCC1.Cl. The summed E-state index contributed by atoms with van der Waals surface area (Å²) in [7, 11) is 0. The lowest BCUT2D eigenvalue weighted by atomic mass is 9.87. The lowest BCUT2D eigenvalue weighted by Gasteiger charge is -2.39. The van der Waals surface area contributed by atoms with Crippen molar-refractivity contribution in [2.24, 2.45) is 5.92 Å². The molecule has 2 nitrogen and oxygen atoms in total. The van der Waals surface area contributed by atoms with Crippen LogP contribution in [0.5, 0.6) is 0 Å². The lowest BCUT2D eigenvalue weighted by molar-refractivity contribution is 0.125. The number of benzene rings is 1. The van der Waals surface area contributed by atoms with E-state index in [2.05, 4.69) is 24.1 Å². The van der Waals surface area contributed by atoms with E-state index in [1.807, 2.05) is 13.0 Å². The molecule has 1 aliphatic heterocycles. The minimum Gasteiger partial charge on any atom is -0.314 e. The van der Waals surface area contributed by atoms with E-state index in [4.69, 9.17) is 0 Å². The van der Waals surface area contributed by atoms with Crippen LogP contribution in [0.3, 0.4) is 0 Å². The van der Waals surface area contributed by atoms with E-state index < -0.39 is 0 Å². The average molecular weight is 315 g/mol. The summed E-state index contributed by atoms with van der Waals surface area (Å²) in [5, 5.41) is 3.41. The molecule has 0 bridgehead atoms. The Kier molecular flexibility index (Phi) is 7.64. The zero-order chi connectivity index (χ0) is 14.5. The lowest BCUT2D eigenvalue weighted by Crippen LogP contribution is -2.46. The third-order valence-corrected chi connectivity index (χ3v) is 4.38. The predicted octanol–water partition coefficient (Wildman–Crippen LogP) is 3.94. The van der Waals surface area contributed by atoms with Crippen LogP contribution in [-0.4, -0.2) is 31.1 Å². The van der Waals surface area contributed by atoms with Crippen LogP contribution in [0, 0.1) is 18.7 Å². The molecule has 4 heteroatoms. The third kappa shape index (κ3) is 4.67. The van der Waals surface area contributed by atoms with Gasteiger partial charge in [-0.3, -0.25) is 4.90 Å². The molecule has 0 radical (unpaired) electrons. The smallest absolute Gasteiger partial charge is 0.123 e. The number of piperazine rings is 1. The number of hydrogen-bond acceptors (Lipinski definition) is 2. The van der Waals surface area contributed by atoms with E-state index in [0.29, 0.717) is 12.0 Å². The molecule has 1 aromatic rings. The van der Waals surface area contributed by atoms with Gasteiger partial charge in [0.2, 0.25) is 0 Å². The van der Waals surface area contributed by atoms with Crippen molar-refractivity contribution in [1.29, 1.82) is 0 Å². The van der Waals surface area contributed by atoms with E-state index >= 15 is 0 Å². The van der Waals surface area contributed by atoms with Crippen LogP contribution in [-0.2, 0) is 0 Å². The summed E-state index contributed by atoms with van der Waals surface area (Å²) in [5.74, 6) is 0.468. The fraction of sp³-hybridized carbons (Fsp3) is 0.647. The molecule has 21 heavy (non-hydrogen) atoms. The minimum absolute atomic E-state index is 0. The van der Waals surface area contributed by atoms with Gasteiger partial charge in [-0.15, -0.1) is 12.4 Å². The highest BCUT2D eigenvalue weighted by Crippen LogP contribution is 2.33. The monoisotopic (exact) mass is 314 g/mol. The predicted molar refractivity (Wildman–Crippen MR) is 89.6 cm³/mol. The normalized spacial score (nSPS) is 18.9. The Balaban J connectivity index is 0.00000220. The Bertz CT molecular complexity index is 433. The molecule has 1 aliphatic rings. The van der Waals surface area contributed by atoms with Gasteiger partial charge in [0.25, 0.3) is 0 Å². The second-order valence-electron chi connectivity index (χ2n) is 6.00. The molecule has 1 saturated heterocycles. The highest BCUT2D eigenvalue weighted by Gasteiger charge is 2.27. The Morgan fingerprint density at radius 1 is 1.29 bits per heavy atom. The van der Waals surface area contributed by atoms with Crippen LogP contribution in [0.1, 0.15) is 43.9 Å². The number of halogens is 2. The van der Waals surface area contributed by atoms with Crippen LogP contribution in [0.4, 0.5) is 4.39 Å². The molecule has 1 unspecified atom stereocenters. The van der Waals surface area contributed by atoms with Crippen LogP contribution in [0.25, 0.3) is 0 Å². The van der Waals surface area contributed by atoms with Gasteiger partial charge in [-0.05, 0) is 42.5 Å². The van der Waals surface area contributed by atoms with E-state index in [9.17, 15) is 4.39 Å². The Morgan fingerprint density at radius 3 is 2.52 bits per heavy atom. The first-order valence-electron chi connectivity index (χ1n) is 7.84. The summed E-state index contributed by atoms with van der Waals surface area (Å²) in [5.41, 5.74) is 2.38. The van der Waals surface area contributed by atoms with E-state index in [1.165, 1.54) is 18.4 Å². The zero-order valence-electron chi connectivity index (χ0n) is 13.4. The molecule has 1 fully saturated rings. The van der Waals surface area contributed by atoms with Crippen molar-refractivity contribution < 1.29 is 4.39 Å². The molecule has 2 rings (SSSR count). The van der Waals surface area contributed by atoms with Gasteiger partial charge in [-0.2, -0.15) is 0 Å². The molecule has 0 amide bonds. The van der Waals surface area contributed by atoms with Gasteiger partial charge in [0, 0.05) is 32.2 Å². The summed E-state index contributed by atoms with van der Waals surface area (Å²) in [6.45, 7) is 10.9. The summed E-state index contributed by atoms with van der Waals surface area (Å²) in [4.78, 5) is 2.57. The quantitative estimate of drug-likeness (QED) is 0.885. The zero-order valence-corrected chi connectivity index (χ0v) is 14.2. The van der Waals surface area contributed by atoms with E-state index in [1.54, 1.807) is 12.1 Å². The van der Waals surface area contributed by atoms with Crippen LogP contribution >= 0.6 is 12.4 Å². The fourth-order valence-electron chi connectivity index (χ4n) is 3.41. The number of nitrogens with one attached hydrogen (secondary N) is 1. The van der Waals surface area contributed by atoms with E-state index in [-0.39, 0.29) is 18.2 Å². The number of rotatable bonds is 5. The Morgan fingerprint density at radius 2 is 1.95 bits per heavy atom. The van der Waals surface area contributed by atoms with Crippen molar-refractivity contribution in [3.05, 3.63) is 35.1 Å². The van der Waals surface area contributed by atoms with Crippen molar-refractivity contribution in [1.82, 2.24) is 10.2 Å². The number of nitrogens with zero attached hydrogens (tertiary/aromatic N) is 1. The van der Waals surface area contributed by atoms with E-state index in [0.717, 1.165) is 31.7 Å². The summed E-state index contributed by atoms with van der Waals surface area (Å²) >= 11 is 0. The molecular weight excluding hydrogens is 287 g/mol. The summed E-state index contributed by atoms with van der Waals surface area (Å²) in [6.07, 6.45) is 2.41. The molecule has 0 aromatic heterocycles. The van der Waals surface area contributed by atoms with Gasteiger partial charge in [0.05, 0.1) is 0 Å². The molecule has 2 atom stereocenters. The van der Waals surface area contributed by atoms with Gasteiger partial charge in [0.1, 0.15) is 5.82 Å². The molecule has 120 valence electrons. The maximum Gasteiger partial charge on any atom is 0.123 e. The van der Waals surface area contributed by atoms with Crippen molar-refractivity contribution in [3.8, 4) is 0 Å². The molecule has 0 saturated carbocycles. The summed E-state index contributed by atoms with van der Waals surface area (Å²) < 4.78 is 13.4. The van der Waals surface area contributed by atoms with Crippen LogP contribution in [0.2, 0.25) is 0 Å². The second kappa shape index (κ2) is 8.72. The molecule has 1 aromatic carbocycles. The largest absolute Gasteiger partial charge is 0.314 e. The standard InChI is InChI=1S/C17H27FN2.ClH/c1-4-5-13(2)17(20-10-8-19-9-11-20)16-7-6-15(18)12-14(16)3;/h6-7,12-13,17,19H,4-5,8-11H2,1-3H3;1H/t13?,17-;/m0./s1. The number of aryl methyl sites for hydroxylation is 1. The second-order valence-corrected chi connectivity index (χ2v) is 6.00. The Labute approximate surface area is 134 Å². The summed E-state index contributed by atoms with van der Waals surface area (Å²) in [6, 6.07) is 5.68. The van der Waals surface area contributed by atoms with Crippen molar-refractivity contribution in [3.63, 3.8) is 0 Å². The maximum atomic E-state index is 13.4. The van der Waals surface area contributed by atoms with Gasteiger partial charge >= 0.3 is 0 Å². The third-order valence-electron chi connectivity index (χ3n) is 4.38. The van der Waals surface area contributed by atoms with Crippen molar-refractivity contribution >= 4 is 12.4 Å². The molecule has 1 N–H and O–H groups in total. The number of hydrogen-bond donors (Lipinski definition) is 1. The van der Waals surface area contributed by atoms with Gasteiger partial charge in [-0.25, -0.2) is 4.39 Å². The first kappa shape index (κ1) is 18.4. The van der Waals surface area contributed by atoms with Gasteiger partial charge in [-0.1, -0.05) is 26.3 Å². The average Bonchev–Trinajstić information content (AvgIpc) is 2.43. The molecular formula is C17H28ClFN2. The first-order valence-corrected chi connectivity index (χ1v) is 7.84. The topological polar surface area (TPSA) is 15.3 Å². The molecule has 0 aliphatic carbocycles. The maximum absolute atomic E-state index is 13.4. The van der Waals surface area contributed by atoms with Crippen LogP contribution in [0.15, 0.2) is 18.2 Å². The fourth-order valence-corrected chi connectivity index (χ4v) is 3.41. The van der Waals surface area contributed by atoms with Gasteiger partial charge < -0.3 is 5.32 Å². The molecule has 0 spiro atoms. The minimum atomic E-state index is -0.131. The highest BCUT2D eigenvalue weighted by molar-refractivity contribution is 5.85. The van der Waals surface area contributed by atoms with Crippen molar-refractivity contribution in [2.45, 2.75) is 39.7 Å². The van der Waals surface area contributed by atoms with Gasteiger partial charge in [0.15, 0.2) is 0 Å². The highest BCUT2D eigenvalue weighted by atomic mass is 35.5. The van der Waals surface area contributed by atoms with Crippen LogP contribution < -0.4 is 5.32 Å².